The molecule has 0 heterocycles. The second kappa shape index (κ2) is 8.79. The molecule has 6 nitrogen and oxygen atoms in total. The number of benzene rings is 1. The highest BCUT2D eigenvalue weighted by Crippen LogP contribution is 2.09. The second-order valence-electron chi connectivity index (χ2n) is 6.06. The number of hydrogen-bond acceptors (Lipinski definition) is 5. The van der Waals surface area contributed by atoms with Gasteiger partial charge in [-0.2, -0.15) is 5.26 Å². The normalized spacial score (nSPS) is 11.9. The molecule has 0 aliphatic carbocycles. The molecule has 1 atom stereocenters. The number of rotatable bonds is 6. The van der Waals surface area contributed by atoms with Crippen molar-refractivity contribution in [2.24, 2.45) is 0 Å². The van der Waals surface area contributed by atoms with E-state index in [-0.39, 0.29) is 19.4 Å². The van der Waals surface area contributed by atoms with Crippen LogP contribution in [0.3, 0.4) is 0 Å². The Bertz CT molecular complexity index is 558. The number of nitriles is 1. The van der Waals surface area contributed by atoms with Crippen molar-refractivity contribution in [2.45, 2.75) is 51.9 Å². The van der Waals surface area contributed by atoms with Gasteiger partial charge < -0.3 is 14.8 Å². The number of alkyl carbamates (subject to hydrolysis) is 1. The molecule has 23 heavy (non-hydrogen) atoms. The van der Waals surface area contributed by atoms with Crippen molar-refractivity contribution in [2.75, 3.05) is 0 Å². The molecule has 1 rings (SSSR count). The fourth-order valence-electron chi connectivity index (χ4n) is 1.76. The summed E-state index contributed by atoms with van der Waals surface area (Å²) in [5, 5.41) is 11.3. The quantitative estimate of drug-likeness (QED) is 0.815. The van der Waals surface area contributed by atoms with Crippen molar-refractivity contribution >= 4 is 12.1 Å². The lowest BCUT2D eigenvalue weighted by Crippen LogP contribution is -2.40. The predicted molar refractivity (Wildman–Crippen MR) is 84.2 cm³/mol. The van der Waals surface area contributed by atoms with Crippen LogP contribution in [0.2, 0.25) is 0 Å². The zero-order chi connectivity index (χ0) is 17.3. The zero-order valence-electron chi connectivity index (χ0n) is 13.7. The summed E-state index contributed by atoms with van der Waals surface area (Å²) in [6, 6.07) is 10.6. The minimum absolute atomic E-state index is 0.000318. The van der Waals surface area contributed by atoms with Crippen molar-refractivity contribution in [3.05, 3.63) is 35.9 Å². The average Bonchev–Trinajstić information content (AvgIpc) is 2.44. The van der Waals surface area contributed by atoms with Crippen molar-refractivity contribution in [3.8, 4) is 6.07 Å². The van der Waals surface area contributed by atoms with Crippen LogP contribution >= 0.6 is 0 Å². The van der Waals surface area contributed by atoms with Crippen molar-refractivity contribution in [1.82, 2.24) is 5.32 Å². The topological polar surface area (TPSA) is 88.4 Å². The number of esters is 1. The standard InChI is InChI=1S/C17H22N2O4/c1-17(2,3)23-16(21)19-14(9-10-18)11-15(20)22-12-13-7-5-4-6-8-13/h4-8,14H,9,11-12H2,1-3H3,(H,19,21). The van der Waals surface area contributed by atoms with E-state index >= 15 is 0 Å². The minimum atomic E-state index is -0.659. The number of carbonyl (C=O) groups is 2. The van der Waals surface area contributed by atoms with Gasteiger partial charge in [0.2, 0.25) is 0 Å². The van der Waals surface area contributed by atoms with Crippen molar-refractivity contribution in [1.29, 1.82) is 5.26 Å². The summed E-state index contributed by atoms with van der Waals surface area (Å²) in [5.74, 6) is -0.481. The van der Waals surface area contributed by atoms with Gasteiger partial charge in [0.05, 0.1) is 25.0 Å². The van der Waals surface area contributed by atoms with Gasteiger partial charge in [0.25, 0.3) is 0 Å². The molecule has 1 aromatic rings. The number of nitrogens with zero attached hydrogens (tertiary/aromatic N) is 1. The van der Waals surface area contributed by atoms with Gasteiger partial charge in [-0.3, -0.25) is 4.79 Å². The van der Waals surface area contributed by atoms with Gasteiger partial charge in [0, 0.05) is 0 Å². The third-order valence-corrected chi connectivity index (χ3v) is 2.71. The largest absolute Gasteiger partial charge is 0.461 e. The maximum absolute atomic E-state index is 11.8. The van der Waals surface area contributed by atoms with Crippen LogP contribution in [0.5, 0.6) is 0 Å². The lowest BCUT2D eigenvalue weighted by molar-refractivity contribution is -0.145. The molecule has 0 saturated carbocycles. The van der Waals surface area contributed by atoms with E-state index in [2.05, 4.69) is 5.32 Å². The third-order valence-electron chi connectivity index (χ3n) is 2.71. The van der Waals surface area contributed by atoms with Crippen molar-refractivity contribution < 1.29 is 19.1 Å². The summed E-state index contributed by atoms with van der Waals surface area (Å²) in [5.41, 5.74) is 0.229. The van der Waals surface area contributed by atoms with Gasteiger partial charge in [-0.1, -0.05) is 30.3 Å². The van der Waals surface area contributed by atoms with Crippen LogP contribution in [0, 0.1) is 11.3 Å². The zero-order valence-corrected chi connectivity index (χ0v) is 13.7. The number of hydrogen-bond donors (Lipinski definition) is 1. The molecule has 1 aromatic carbocycles. The molecule has 124 valence electrons. The highest BCUT2D eigenvalue weighted by atomic mass is 16.6. The lowest BCUT2D eigenvalue weighted by Gasteiger charge is -2.22. The first-order chi connectivity index (χ1) is 10.8. The van der Waals surface area contributed by atoms with E-state index in [1.54, 1.807) is 20.8 Å². The van der Waals surface area contributed by atoms with Crippen LogP contribution in [-0.2, 0) is 20.9 Å². The Morgan fingerprint density at radius 2 is 1.91 bits per heavy atom. The highest BCUT2D eigenvalue weighted by molar-refractivity contribution is 5.73. The van der Waals surface area contributed by atoms with Gasteiger partial charge in [-0.25, -0.2) is 4.79 Å². The summed E-state index contributed by atoms with van der Waals surface area (Å²) in [6.07, 6.45) is -0.743. The molecule has 0 fully saturated rings. The fraction of sp³-hybridized carbons (Fsp3) is 0.471. The Hall–Kier alpha value is -2.55. The number of carbonyl (C=O) groups excluding carboxylic acids is 2. The Balaban J connectivity index is 2.46. The summed E-state index contributed by atoms with van der Waals surface area (Å²) in [6.45, 7) is 5.37. The van der Waals surface area contributed by atoms with E-state index in [1.165, 1.54) is 0 Å². The molecule has 1 amide bonds. The van der Waals surface area contributed by atoms with E-state index < -0.39 is 23.7 Å². The van der Waals surface area contributed by atoms with E-state index in [0.29, 0.717) is 0 Å². The van der Waals surface area contributed by atoms with Crippen LogP contribution < -0.4 is 5.32 Å². The second-order valence-corrected chi connectivity index (χ2v) is 6.06. The maximum Gasteiger partial charge on any atom is 0.407 e. The van der Waals surface area contributed by atoms with Crippen LogP contribution in [0.15, 0.2) is 30.3 Å². The van der Waals surface area contributed by atoms with Crippen LogP contribution in [0.4, 0.5) is 4.79 Å². The molecule has 0 spiro atoms. The Kier molecular flexibility index (Phi) is 7.07. The van der Waals surface area contributed by atoms with Gasteiger partial charge in [0.1, 0.15) is 12.2 Å². The Morgan fingerprint density at radius 1 is 1.26 bits per heavy atom. The Morgan fingerprint density at radius 3 is 2.48 bits per heavy atom. The molecule has 0 bridgehead atoms. The monoisotopic (exact) mass is 318 g/mol. The summed E-state index contributed by atoms with van der Waals surface area (Å²) in [4.78, 5) is 23.6. The summed E-state index contributed by atoms with van der Waals surface area (Å²) < 4.78 is 10.3. The molecular weight excluding hydrogens is 296 g/mol. The first-order valence-electron chi connectivity index (χ1n) is 7.36. The van der Waals surface area contributed by atoms with Gasteiger partial charge in [-0.15, -0.1) is 0 Å². The SMILES string of the molecule is CC(C)(C)OC(=O)NC(CC#N)CC(=O)OCc1ccccc1. The van der Waals surface area contributed by atoms with Crippen molar-refractivity contribution in [3.63, 3.8) is 0 Å². The molecule has 1 unspecified atom stereocenters. The third kappa shape index (κ3) is 8.47. The minimum Gasteiger partial charge on any atom is -0.461 e. The summed E-state index contributed by atoms with van der Waals surface area (Å²) >= 11 is 0. The first-order valence-corrected chi connectivity index (χ1v) is 7.36. The van der Waals surface area contributed by atoms with Crippen LogP contribution in [0.1, 0.15) is 39.2 Å². The van der Waals surface area contributed by atoms with E-state index in [9.17, 15) is 9.59 Å². The van der Waals surface area contributed by atoms with E-state index in [0.717, 1.165) is 5.56 Å². The lowest BCUT2D eigenvalue weighted by atomic mass is 10.1. The number of ether oxygens (including phenoxy) is 2. The molecule has 6 heteroatoms. The number of nitrogens with one attached hydrogen (secondary N) is 1. The fourth-order valence-corrected chi connectivity index (χ4v) is 1.76. The van der Waals surface area contributed by atoms with Gasteiger partial charge in [0.15, 0.2) is 0 Å². The molecule has 0 aliphatic rings. The molecule has 0 aromatic heterocycles. The van der Waals surface area contributed by atoms with E-state index in [1.807, 2.05) is 36.4 Å². The van der Waals surface area contributed by atoms with Gasteiger partial charge in [-0.05, 0) is 26.3 Å². The molecule has 0 radical (unpaired) electrons. The van der Waals surface area contributed by atoms with Gasteiger partial charge >= 0.3 is 12.1 Å². The molecule has 0 aliphatic heterocycles. The molecular formula is C17H22N2O4. The van der Waals surface area contributed by atoms with E-state index in [4.69, 9.17) is 14.7 Å². The maximum atomic E-state index is 11.8. The van der Waals surface area contributed by atoms with Crippen LogP contribution in [0.25, 0.3) is 0 Å². The first kappa shape index (κ1) is 18.5. The number of amides is 1. The predicted octanol–water partition coefficient (Wildman–Crippen LogP) is 2.93. The molecule has 0 saturated heterocycles. The highest BCUT2D eigenvalue weighted by Gasteiger charge is 2.21. The molecule has 1 N–H and O–H groups in total. The summed E-state index contributed by atoms with van der Waals surface area (Å²) in [7, 11) is 0. The Labute approximate surface area is 136 Å². The smallest absolute Gasteiger partial charge is 0.407 e. The average molecular weight is 318 g/mol. The van der Waals surface area contributed by atoms with Crippen LogP contribution in [-0.4, -0.2) is 23.7 Å².